The molecule has 0 aliphatic heterocycles. The van der Waals surface area contributed by atoms with Gasteiger partial charge in [-0.15, -0.1) is 10.2 Å². The van der Waals surface area contributed by atoms with E-state index >= 15 is 0 Å². The highest BCUT2D eigenvalue weighted by atomic mass is 35.5. The molecule has 0 radical (unpaired) electrons. The van der Waals surface area contributed by atoms with E-state index in [0.29, 0.717) is 26.7 Å². The first-order valence-electron chi connectivity index (χ1n) is 9.38. The van der Waals surface area contributed by atoms with Crippen molar-refractivity contribution in [2.24, 2.45) is 7.05 Å². The number of nitrogens with one attached hydrogen (secondary N) is 1. The van der Waals surface area contributed by atoms with Gasteiger partial charge in [0.15, 0.2) is 11.0 Å². The van der Waals surface area contributed by atoms with Crippen LogP contribution < -0.4 is 10.1 Å². The molecule has 9 heteroatoms. The number of amides is 1. The monoisotopic (exact) mass is 472 g/mol. The van der Waals surface area contributed by atoms with E-state index in [0.717, 1.165) is 16.5 Å². The van der Waals surface area contributed by atoms with Crippen molar-refractivity contribution in [3.05, 3.63) is 76.5 Å². The molecule has 0 saturated carbocycles. The minimum absolute atomic E-state index is 0.177. The normalized spacial score (nSPS) is 10.9. The molecule has 158 valence electrons. The Morgan fingerprint density at radius 3 is 2.71 bits per heavy atom. The number of aromatic nitrogens is 3. The van der Waals surface area contributed by atoms with Gasteiger partial charge < -0.3 is 14.6 Å². The third-order valence-corrected chi connectivity index (χ3v) is 6.33. The first-order valence-corrected chi connectivity index (χ1v) is 11.1. The number of halogens is 2. The first kappa shape index (κ1) is 21.5. The van der Waals surface area contributed by atoms with Crippen molar-refractivity contribution in [1.29, 1.82) is 0 Å². The second kappa shape index (κ2) is 9.60. The average Bonchev–Trinajstić information content (AvgIpc) is 3.12. The number of carbonyl (C=O) groups is 1. The number of thioether (sulfide) groups is 1. The Kier molecular flexibility index (Phi) is 6.65. The van der Waals surface area contributed by atoms with Crippen LogP contribution in [0.2, 0.25) is 10.0 Å². The van der Waals surface area contributed by atoms with Gasteiger partial charge in [0.2, 0.25) is 5.91 Å². The predicted octanol–water partition coefficient (Wildman–Crippen LogP) is 5.58. The topological polar surface area (TPSA) is 69.0 Å². The van der Waals surface area contributed by atoms with Crippen LogP contribution in [0.25, 0.3) is 10.8 Å². The Balaban J connectivity index is 1.35. The lowest BCUT2D eigenvalue weighted by Crippen LogP contribution is -2.14. The second-order valence-electron chi connectivity index (χ2n) is 6.69. The Labute approximate surface area is 193 Å². The fraction of sp³-hybridized carbons (Fsp3) is 0.136. The van der Waals surface area contributed by atoms with Crippen molar-refractivity contribution in [2.45, 2.75) is 11.8 Å². The van der Waals surface area contributed by atoms with Crippen molar-refractivity contribution in [2.75, 3.05) is 11.1 Å². The summed E-state index contributed by atoms with van der Waals surface area (Å²) in [6, 6.07) is 18.9. The largest absolute Gasteiger partial charge is 0.485 e. The lowest BCUT2D eigenvalue weighted by atomic mass is 10.1. The molecule has 0 aliphatic rings. The summed E-state index contributed by atoms with van der Waals surface area (Å²) in [5, 5.41) is 14.8. The molecule has 1 amide bonds. The quantitative estimate of drug-likeness (QED) is 0.355. The molecule has 0 unspecified atom stereocenters. The number of hydrogen-bond acceptors (Lipinski definition) is 5. The third-order valence-electron chi connectivity index (χ3n) is 4.57. The summed E-state index contributed by atoms with van der Waals surface area (Å²) < 4.78 is 7.81. The summed E-state index contributed by atoms with van der Waals surface area (Å²) >= 11 is 13.2. The minimum atomic E-state index is -0.181. The van der Waals surface area contributed by atoms with Gasteiger partial charge in [0.1, 0.15) is 12.4 Å². The molecule has 4 rings (SSSR count). The highest BCUT2D eigenvalue weighted by Crippen LogP contribution is 2.27. The van der Waals surface area contributed by atoms with E-state index in [9.17, 15) is 4.79 Å². The highest BCUT2D eigenvalue weighted by Gasteiger charge is 2.13. The molecule has 6 nitrogen and oxygen atoms in total. The maximum absolute atomic E-state index is 12.2. The number of rotatable bonds is 7. The zero-order chi connectivity index (χ0) is 21.8. The molecule has 1 N–H and O–H groups in total. The number of nitrogens with zero attached hydrogens (tertiary/aromatic N) is 3. The Hall–Kier alpha value is -2.74. The Morgan fingerprint density at radius 1 is 1.06 bits per heavy atom. The number of benzene rings is 3. The van der Waals surface area contributed by atoms with Crippen LogP contribution >= 0.6 is 35.0 Å². The van der Waals surface area contributed by atoms with E-state index in [-0.39, 0.29) is 18.3 Å². The molecule has 0 saturated heterocycles. The third kappa shape index (κ3) is 5.12. The minimum Gasteiger partial charge on any atom is -0.485 e. The van der Waals surface area contributed by atoms with Gasteiger partial charge >= 0.3 is 0 Å². The van der Waals surface area contributed by atoms with Crippen LogP contribution in [0.4, 0.5) is 5.69 Å². The molecule has 0 atom stereocenters. The molecule has 0 spiro atoms. The highest BCUT2D eigenvalue weighted by molar-refractivity contribution is 7.99. The van der Waals surface area contributed by atoms with E-state index in [1.54, 1.807) is 18.2 Å². The fourth-order valence-corrected chi connectivity index (χ4v) is 3.99. The van der Waals surface area contributed by atoms with Gasteiger partial charge in [-0.1, -0.05) is 71.4 Å². The molecule has 31 heavy (non-hydrogen) atoms. The zero-order valence-corrected chi connectivity index (χ0v) is 18.8. The summed E-state index contributed by atoms with van der Waals surface area (Å²) in [6.07, 6.45) is 0. The number of anilines is 1. The molecule has 4 aromatic rings. The maximum atomic E-state index is 12.2. The maximum Gasteiger partial charge on any atom is 0.234 e. The van der Waals surface area contributed by atoms with Crippen molar-refractivity contribution < 1.29 is 9.53 Å². The molecular formula is C22H18Cl2N4O2S. The molecular weight excluding hydrogens is 455 g/mol. The van der Waals surface area contributed by atoms with Gasteiger partial charge in [0.25, 0.3) is 0 Å². The molecule has 1 aromatic heterocycles. The van der Waals surface area contributed by atoms with Crippen LogP contribution in [0, 0.1) is 0 Å². The van der Waals surface area contributed by atoms with E-state index in [2.05, 4.69) is 15.5 Å². The van der Waals surface area contributed by atoms with E-state index in [4.69, 9.17) is 27.9 Å². The van der Waals surface area contributed by atoms with Crippen molar-refractivity contribution >= 4 is 57.3 Å². The second-order valence-corrected chi connectivity index (χ2v) is 8.45. The lowest BCUT2D eigenvalue weighted by Gasteiger charge is -2.09. The summed E-state index contributed by atoms with van der Waals surface area (Å²) in [4.78, 5) is 12.2. The SMILES string of the molecule is Cn1c(COc2cccc3ccccc23)nnc1SCC(=O)Nc1ccc(Cl)c(Cl)c1. The first-order chi connectivity index (χ1) is 15.0. The summed E-state index contributed by atoms with van der Waals surface area (Å²) in [5.41, 5.74) is 0.585. The Morgan fingerprint density at radius 2 is 1.87 bits per heavy atom. The molecule has 1 heterocycles. The standard InChI is InChI=1S/C22H18Cl2N4O2S/c1-28-20(12-30-19-8-4-6-14-5-2-3-7-16(14)19)26-27-22(28)31-13-21(29)25-15-9-10-17(23)18(24)11-15/h2-11H,12-13H2,1H3,(H,25,29). The van der Waals surface area contributed by atoms with Crippen LogP contribution in [-0.4, -0.2) is 26.4 Å². The molecule has 0 fully saturated rings. The van der Waals surface area contributed by atoms with Crippen LogP contribution in [-0.2, 0) is 18.4 Å². The van der Waals surface area contributed by atoms with Crippen LogP contribution in [0.15, 0.2) is 65.8 Å². The zero-order valence-electron chi connectivity index (χ0n) is 16.5. The smallest absolute Gasteiger partial charge is 0.234 e. The summed E-state index contributed by atoms with van der Waals surface area (Å²) in [6.45, 7) is 0.271. The average molecular weight is 473 g/mol. The van der Waals surface area contributed by atoms with Gasteiger partial charge in [-0.05, 0) is 29.7 Å². The van der Waals surface area contributed by atoms with E-state index < -0.39 is 0 Å². The van der Waals surface area contributed by atoms with Gasteiger partial charge in [-0.3, -0.25) is 4.79 Å². The summed E-state index contributed by atoms with van der Waals surface area (Å²) in [7, 11) is 1.85. The van der Waals surface area contributed by atoms with Crippen molar-refractivity contribution in [3.63, 3.8) is 0 Å². The van der Waals surface area contributed by atoms with Crippen molar-refractivity contribution in [1.82, 2.24) is 14.8 Å². The molecule has 0 aliphatic carbocycles. The predicted molar refractivity (Wildman–Crippen MR) is 125 cm³/mol. The fourth-order valence-electron chi connectivity index (χ4n) is 2.96. The van der Waals surface area contributed by atoms with E-state index in [1.165, 1.54) is 11.8 Å². The van der Waals surface area contributed by atoms with Gasteiger partial charge in [0, 0.05) is 18.1 Å². The van der Waals surface area contributed by atoms with Gasteiger partial charge in [-0.2, -0.15) is 0 Å². The van der Waals surface area contributed by atoms with E-state index in [1.807, 2.05) is 54.1 Å². The van der Waals surface area contributed by atoms with Gasteiger partial charge in [-0.25, -0.2) is 0 Å². The Bertz CT molecular complexity index is 1240. The van der Waals surface area contributed by atoms with Crippen LogP contribution in [0.1, 0.15) is 5.82 Å². The molecule has 0 bridgehead atoms. The van der Waals surface area contributed by atoms with Gasteiger partial charge in [0.05, 0.1) is 15.8 Å². The van der Waals surface area contributed by atoms with Crippen LogP contribution in [0.5, 0.6) is 5.75 Å². The molecule has 3 aromatic carbocycles. The van der Waals surface area contributed by atoms with Crippen LogP contribution in [0.3, 0.4) is 0 Å². The number of hydrogen-bond donors (Lipinski definition) is 1. The summed E-state index contributed by atoms with van der Waals surface area (Å²) in [5.74, 6) is 1.45. The lowest BCUT2D eigenvalue weighted by molar-refractivity contribution is -0.113. The number of carbonyl (C=O) groups excluding carboxylic acids is 1. The number of fused-ring (bicyclic) bond motifs is 1. The number of ether oxygens (including phenoxy) is 1. The van der Waals surface area contributed by atoms with Crippen molar-refractivity contribution in [3.8, 4) is 5.75 Å².